The Balaban J connectivity index is 1.81. The number of benzene rings is 2. The third kappa shape index (κ3) is 3.75. The summed E-state index contributed by atoms with van der Waals surface area (Å²) in [6, 6.07) is 13.3. The lowest BCUT2D eigenvalue weighted by molar-refractivity contribution is -0.384. The molecule has 3 aromatic rings. The van der Waals surface area contributed by atoms with E-state index < -0.39 is 11.0 Å². The zero-order chi connectivity index (χ0) is 22.0. The number of nitro groups is 1. The van der Waals surface area contributed by atoms with Gasteiger partial charge >= 0.3 is 0 Å². The van der Waals surface area contributed by atoms with Crippen LogP contribution in [0.5, 0.6) is 5.75 Å². The van der Waals surface area contributed by atoms with Gasteiger partial charge in [0.1, 0.15) is 11.4 Å². The van der Waals surface area contributed by atoms with E-state index in [1.54, 1.807) is 31.3 Å². The van der Waals surface area contributed by atoms with Crippen LogP contribution >= 0.6 is 0 Å². The van der Waals surface area contributed by atoms with E-state index in [0.29, 0.717) is 36.7 Å². The van der Waals surface area contributed by atoms with Gasteiger partial charge in [0.15, 0.2) is 0 Å². The topological polar surface area (TPSA) is 111 Å². The number of H-pyrrole nitrogens is 1. The Hall–Kier alpha value is -3.72. The van der Waals surface area contributed by atoms with Gasteiger partial charge in [0.2, 0.25) is 0 Å². The number of aromatic amines is 1. The van der Waals surface area contributed by atoms with Crippen LogP contribution in [0.2, 0.25) is 0 Å². The number of rotatable bonds is 8. The third-order valence-electron chi connectivity index (χ3n) is 5.37. The highest BCUT2D eigenvalue weighted by Crippen LogP contribution is 2.43. The Labute approximate surface area is 178 Å². The summed E-state index contributed by atoms with van der Waals surface area (Å²) in [5.41, 5.74) is 3.43. The lowest BCUT2D eigenvalue weighted by Gasteiger charge is -2.26. The molecule has 0 saturated heterocycles. The summed E-state index contributed by atoms with van der Waals surface area (Å²) in [7, 11) is 3.21. The maximum Gasteiger partial charge on any atom is 0.273 e. The van der Waals surface area contributed by atoms with Gasteiger partial charge < -0.3 is 14.4 Å². The number of non-ortho nitro benzene ring substituents is 1. The Bertz CT molecular complexity index is 1110. The summed E-state index contributed by atoms with van der Waals surface area (Å²) >= 11 is 0. The number of carbonyl (C=O) groups is 1. The van der Waals surface area contributed by atoms with E-state index >= 15 is 0 Å². The van der Waals surface area contributed by atoms with E-state index in [1.165, 1.54) is 12.1 Å². The van der Waals surface area contributed by atoms with E-state index in [9.17, 15) is 14.9 Å². The Morgan fingerprint density at radius 1 is 1.19 bits per heavy atom. The summed E-state index contributed by atoms with van der Waals surface area (Å²) < 4.78 is 10.5. The molecule has 9 nitrogen and oxygen atoms in total. The number of ether oxygens (including phenoxy) is 2. The normalized spacial score (nSPS) is 15.2. The molecule has 9 heteroatoms. The first-order chi connectivity index (χ1) is 15.0. The number of nitro benzene ring substituents is 1. The molecule has 0 fully saturated rings. The number of hydrogen-bond donors (Lipinski definition) is 1. The minimum Gasteiger partial charge on any atom is -0.497 e. The predicted octanol–water partition coefficient (Wildman–Crippen LogP) is 3.58. The van der Waals surface area contributed by atoms with Gasteiger partial charge in [-0.3, -0.25) is 20.0 Å². The van der Waals surface area contributed by atoms with E-state index in [0.717, 1.165) is 16.7 Å². The maximum atomic E-state index is 13.2. The second-order valence-electron chi connectivity index (χ2n) is 7.19. The van der Waals surface area contributed by atoms with Crippen LogP contribution in [0.1, 0.15) is 34.1 Å². The molecule has 1 unspecified atom stereocenters. The highest BCUT2D eigenvalue weighted by atomic mass is 16.6. The molecule has 1 aliphatic rings. The number of nitrogens with zero attached hydrogens (tertiary/aromatic N) is 3. The Morgan fingerprint density at radius 2 is 1.97 bits per heavy atom. The molecule has 4 rings (SSSR count). The Kier molecular flexibility index (Phi) is 5.68. The van der Waals surface area contributed by atoms with Crippen molar-refractivity contribution in [1.82, 2.24) is 15.1 Å². The summed E-state index contributed by atoms with van der Waals surface area (Å²) in [6.07, 6.45) is 0.665. The lowest BCUT2D eigenvalue weighted by Crippen LogP contribution is -2.31. The number of methoxy groups -OCH3 is 2. The van der Waals surface area contributed by atoms with Crippen molar-refractivity contribution in [2.24, 2.45) is 0 Å². The van der Waals surface area contributed by atoms with E-state index in [4.69, 9.17) is 9.47 Å². The number of hydrogen-bond acceptors (Lipinski definition) is 6. The number of carbonyl (C=O) groups excluding carboxylic acids is 1. The monoisotopic (exact) mass is 422 g/mol. The Morgan fingerprint density at radius 3 is 2.65 bits per heavy atom. The molecular formula is C22H22N4O5. The van der Waals surface area contributed by atoms with Crippen LogP contribution in [0, 0.1) is 10.1 Å². The molecule has 1 amide bonds. The van der Waals surface area contributed by atoms with E-state index in [2.05, 4.69) is 10.2 Å². The van der Waals surface area contributed by atoms with Crippen LogP contribution in [0.25, 0.3) is 11.3 Å². The van der Waals surface area contributed by atoms with Crippen molar-refractivity contribution in [2.75, 3.05) is 27.4 Å². The van der Waals surface area contributed by atoms with Crippen molar-refractivity contribution >= 4 is 11.6 Å². The van der Waals surface area contributed by atoms with Gasteiger partial charge in [-0.15, -0.1) is 0 Å². The van der Waals surface area contributed by atoms with Gasteiger partial charge in [-0.2, -0.15) is 5.10 Å². The number of nitrogens with one attached hydrogen (secondary N) is 1. The van der Waals surface area contributed by atoms with Gasteiger partial charge in [-0.25, -0.2) is 0 Å². The molecule has 1 N–H and O–H groups in total. The fourth-order valence-corrected chi connectivity index (χ4v) is 3.92. The molecule has 1 atom stereocenters. The standard InChI is InChI=1S/C22H22N4O5/c1-30-12-4-11-25-21(14-7-9-16(10-8-14)26(28)29)18-19(23-24-20(18)22(25)27)15-5-3-6-17(13-15)31-2/h3,5-10,13,21H,4,11-12H2,1-2H3,(H,23,24). The minimum atomic E-state index is -0.440. The van der Waals surface area contributed by atoms with Crippen LogP contribution in [-0.4, -0.2) is 53.3 Å². The van der Waals surface area contributed by atoms with Crippen molar-refractivity contribution in [3.05, 3.63) is 75.5 Å². The highest BCUT2D eigenvalue weighted by molar-refractivity contribution is 6.00. The number of aromatic nitrogens is 2. The van der Waals surface area contributed by atoms with Crippen LogP contribution in [0.4, 0.5) is 5.69 Å². The lowest BCUT2D eigenvalue weighted by atomic mass is 9.95. The van der Waals surface area contributed by atoms with Crippen molar-refractivity contribution in [3.8, 4) is 17.0 Å². The number of fused-ring (bicyclic) bond motifs is 1. The molecular weight excluding hydrogens is 400 g/mol. The summed E-state index contributed by atoms with van der Waals surface area (Å²) in [5, 5.41) is 18.4. The molecule has 2 aromatic carbocycles. The molecule has 0 spiro atoms. The van der Waals surface area contributed by atoms with Crippen molar-refractivity contribution in [1.29, 1.82) is 0 Å². The largest absolute Gasteiger partial charge is 0.497 e. The zero-order valence-electron chi connectivity index (χ0n) is 17.2. The average Bonchev–Trinajstić information content (AvgIpc) is 3.33. The van der Waals surface area contributed by atoms with Gasteiger partial charge in [0.25, 0.3) is 11.6 Å². The molecule has 0 aliphatic carbocycles. The number of amides is 1. The minimum absolute atomic E-state index is 0.000516. The fraction of sp³-hybridized carbons (Fsp3) is 0.273. The van der Waals surface area contributed by atoms with E-state index in [-0.39, 0.29) is 11.6 Å². The van der Waals surface area contributed by atoms with Crippen LogP contribution in [0.3, 0.4) is 0 Å². The molecule has 160 valence electrons. The first kappa shape index (κ1) is 20.5. The summed E-state index contributed by atoms with van der Waals surface area (Å²) in [4.78, 5) is 25.6. The quantitative estimate of drug-likeness (QED) is 0.337. The van der Waals surface area contributed by atoms with Gasteiger partial charge in [0, 0.05) is 43.5 Å². The van der Waals surface area contributed by atoms with Crippen LogP contribution in [0.15, 0.2) is 48.5 Å². The predicted molar refractivity (Wildman–Crippen MR) is 113 cm³/mol. The van der Waals surface area contributed by atoms with Crippen molar-refractivity contribution < 1.29 is 19.2 Å². The van der Waals surface area contributed by atoms with E-state index in [1.807, 2.05) is 24.3 Å². The van der Waals surface area contributed by atoms with Gasteiger partial charge in [0.05, 0.1) is 23.8 Å². The fourth-order valence-electron chi connectivity index (χ4n) is 3.92. The third-order valence-corrected chi connectivity index (χ3v) is 5.37. The molecule has 0 bridgehead atoms. The molecule has 0 saturated carbocycles. The zero-order valence-corrected chi connectivity index (χ0v) is 17.2. The second kappa shape index (κ2) is 8.57. The molecule has 1 aliphatic heterocycles. The van der Waals surface area contributed by atoms with Crippen LogP contribution in [-0.2, 0) is 4.74 Å². The SMILES string of the molecule is COCCCN1C(=O)c2[nH]nc(-c3cccc(OC)c3)c2C1c1ccc([N+](=O)[O-])cc1. The maximum absolute atomic E-state index is 13.2. The molecule has 1 aromatic heterocycles. The van der Waals surface area contributed by atoms with Gasteiger partial charge in [-0.05, 0) is 36.2 Å². The first-order valence-corrected chi connectivity index (χ1v) is 9.82. The van der Waals surface area contributed by atoms with Crippen molar-refractivity contribution in [3.63, 3.8) is 0 Å². The van der Waals surface area contributed by atoms with Crippen LogP contribution < -0.4 is 4.74 Å². The van der Waals surface area contributed by atoms with Crippen molar-refractivity contribution in [2.45, 2.75) is 12.5 Å². The smallest absolute Gasteiger partial charge is 0.273 e. The second-order valence-corrected chi connectivity index (χ2v) is 7.19. The van der Waals surface area contributed by atoms with Gasteiger partial charge in [-0.1, -0.05) is 12.1 Å². The summed E-state index contributed by atoms with van der Waals surface area (Å²) in [6.45, 7) is 1.00. The molecule has 2 heterocycles. The first-order valence-electron chi connectivity index (χ1n) is 9.82. The molecule has 31 heavy (non-hydrogen) atoms. The summed E-state index contributed by atoms with van der Waals surface area (Å²) in [5.74, 6) is 0.526. The molecule has 0 radical (unpaired) electrons. The highest BCUT2D eigenvalue weighted by Gasteiger charge is 2.42. The average molecular weight is 422 g/mol.